The van der Waals surface area contributed by atoms with Crippen LogP contribution in [0.1, 0.15) is 31.5 Å². The monoisotopic (exact) mass is 419 g/mol. The molecule has 0 bridgehead atoms. The van der Waals surface area contributed by atoms with Gasteiger partial charge in [-0.15, -0.1) is 6.58 Å². The number of H-pyrrole nitrogens is 1. The number of ether oxygens (including phenoxy) is 1. The van der Waals surface area contributed by atoms with Crippen molar-refractivity contribution in [1.82, 2.24) is 20.2 Å². The number of hydrogen-bond donors (Lipinski definition) is 3. The number of aromatic nitrogens is 2. The smallest absolute Gasteiger partial charge is 0.278 e. The van der Waals surface area contributed by atoms with Crippen LogP contribution in [0.2, 0.25) is 0 Å². The Balaban J connectivity index is 1.72. The molecule has 1 aromatic heterocycles. The van der Waals surface area contributed by atoms with Crippen molar-refractivity contribution in [2.45, 2.75) is 37.6 Å². The summed E-state index contributed by atoms with van der Waals surface area (Å²) in [5.74, 6) is -0.684. The summed E-state index contributed by atoms with van der Waals surface area (Å²) in [6, 6.07) is 7.99. The first kappa shape index (κ1) is 19.6. The van der Waals surface area contributed by atoms with Crippen LogP contribution >= 0.6 is 0 Å². The SMILES string of the molecule is C=CC(C)(C)[C@@]12C[C@@]3(OC)C(=O)N/C(=C/c4cnc[nH]4)C(=O)N3[C@@H]1Nc1ccccc12. The number of rotatable bonds is 4. The minimum Gasteiger partial charge on any atom is -0.364 e. The molecule has 31 heavy (non-hydrogen) atoms. The van der Waals surface area contributed by atoms with Gasteiger partial charge in [0, 0.05) is 24.6 Å². The van der Waals surface area contributed by atoms with E-state index in [0.717, 1.165) is 11.3 Å². The predicted octanol–water partition coefficient (Wildman–Crippen LogP) is 2.36. The quantitative estimate of drug-likeness (QED) is 0.522. The molecule has 2 saturated heterocycles. The van der Waals surface area contributed by atoms with Crippen LogP contribution in [-0.2, 0) is 19.7 Å². The second-order valence-electron chi connectivity index (χ2n) is 8.85. The van der Waals surface area contributed by atoms with Crippen molar-refractivity contribution in [2.75, 3.05) is 12.4 Å². The van der Waals surface area contributed by atoms with Crippen molar-refractivity contribution in [2.24, 2.45) is 5.41 Å². The number of imidazole rings is 1. The van der Waals surface area contributed by atoms with Crippen LogP contribution < -0.4 is 10.6 Å². The van der Waals surface area contributed by atoms with E-state index in [-0.39, 0.29) is 17.5 Å². The van der Waals surface area contributed by atoms with E-state index >= 15 is 0 Å². The van der Waals surface area contributed by atoms with Gasteiger partial charge in [0.05, 0.1) is 18.2 Å². The van der Waals surface area contributed by atoms with Gasteiger partial charge in [0.1, 0.15) is 11.9 Å². The van der Waals surface area contributed by atoms with E-state index in [1.807, 2.05) is 24.3 Å². The third kappa shape index (κ3) is 2.31. The lowest BCUT2D eigenvalue weighted by Crippen LogP contribution is -2.66. The van der Waals surface area contributed by atoms with E-state index in [4.69, 9.17) is 4.74 Å². The number of anilines is 1. The summed E-state index contributed by atoms with van der Waals surface area (Å²) in [7, 11) is 1.48. The van der Waals surface area contributed by atoms with Crippen molar-refractivity contribution < 1.29 is 14.3 Å². The average Bonchev–Trinajstić information content (AvgIpc) is 3.45. The number of amides is 2. The Morgan fingerprint density at radius 2 is 2.10 bits per heavy atom. The molecule has 8 nitrogen and oxygen atoms in total. The molecule has 5 rings (SSSR count). The number of benzene rings is 1. The fraction of sp³-hybridized carbons (Fsp3) is 0.348. The zero-order valence-electron chi connectivity index (χ0n) is 17.7. The van der Waals surface area contributed by atoms with Gasteiger partial charge in [-0.25, -0.2) is 4.98 Å². The summed E-state index contributed by atoms with van der Waals surface area (Å²) in [6.45, 7) is 8.25. The fourth-order valence-corrected chi connectivity index (χ4v) is 5.41. The Labute approximate surface area is 180 Å². The molecule has 0 radical (unpaired) electrons. The molecule has 3 aliphatic rings. The van der Waals surface area contributed by atoms with E-state index in [9.17, 15) is 9.59 Å². The highest BCUT2D eigenvalue weighted by molar-refractivity contribution is 6.09. The highest BCUT2D eigenvalue weighted by Gasteiger charge is 2.73. The van der Waals surface area contributed by atoms with Gasteiger partial charge in [-0.2, -0.15) is 0 Å². The Bertz CT molecular complexity index is 1120. The van der Waals surface area contributed by atoms with Crippen molar-refractivity contribution in [1.29, 1.82) is 0 Å². The molecule has 160 valence electrons. The Morgan fingerprint density at radius 1 is 1.32 bits per heavy atom. The largest absolute Gasteiger partial charge is 0.364 e. The van der Waals surface area contributed by atoms with E-state index in [1.54, 1.807) is 17.2 Å². The molecular weight excluding hydrogens is 394 g/mol. The lowest BCUT2D eigenvalue weighted by molar-refractivity contribution is -0.180. The standard InChI is InChI=1S/C23H25N5O3/c1-5-21(2,3)22-12-23(31-4)20(30)27-17(10-14-11-24-13-25-14)18(29)28(23)19(22)26-16-9-7-6-8-15(16)22/h5-11,13,19,26H,1,12H2,2-4H3,(H,24,25)(H,27,30)/b17-10+/t19-,22+,23+/m0/s1. The number of allylic oxidation sites excluding steroid dienone is 1. The maximum Gasteiger partial charge on any atom is 0.278 e. The Hall–Kier alpha value is -3.39. The second kappa shape index (κ2) is 6.31. The van der Waals surface area contributed by atoms with Gasteiger partial charge in [0.2, 0.25) is 5.72 Å². The molecular formula is C23H25N5O3. The van der Waals surface area contributed by atoms with Crippen LogP contribution in [0.25, 0.3) is 6.08 Å². The molecule has 2 amide bonds. The summed E-state index contributed by atoms with van der Waals surface area (Å²) < 4.78 is 5.86. The average molecular weight is 419 g/mol. The number of carbonyl (C=O) groups excluding carboxylic acids is 2. The molecule has 3 atom stereocenters. The molecule has 0 unspecified atom stereocenters. The molecule has 0 spiro atoms. The molecule has 2 fully saturated rings. The predicted molar refractivity (Wildman–Crippen MR) is 115 cm³/mol. The van der Waals surface area contributed by atoms with Crippen molar-refractivity contribution in [3.05, 3.63) is 66.4 Å². The van der Waals surface area contributed by atoms with Gasteiger partial charge in [-0.3, -0.25) is 14.5 Å². The van der Waals surface area contributed by atoms with Crippen LogP contribution in [-0.4, -0.2) is 45.7 Å². The van der Waals surface area contributed by atoms with Gasteiger partial charge < -0.3 is 20.4 Å². The number of fused-ring (bicyclic) bond motifs is 5. The topological polar surface area (TPSA) is 99.3 Å². The number of para-hydroxylation sites is 1. The molecule has 3 N–H and O–H groups in total. The van der Waals surface area contributed by atoms with Gasteiger partial charge in [-0.1, -0.05) is 38.1 Å². The minimum absolute atomic E-state index is 0.173. The third-order valence-electron chi connectivity index (χ3n) is 7.20. The number of aromatic amines is 1. The zero-order chi connectivity index (χ0) is 22.0. The summed E-state index contributed by atoms with van der Waals surface area (Å²) in [5.41, 5.74) is 0.292. The zero-order valence-corrected chi connectivity index (χ0v) is 17.7. The molecule has 8 heteroatoms. The lowest BCUT2D eigenvalue weighted by Gasteiger charge is -2.43. The molecule has 1 aromatic carbocycles. The number of methoxy groups -OCH3 is 1. The molecule has 3 aliphatic heterocycles. The van der Waals surface area contributed by atoms with E-state index < -0.39 is 22.7 Å². The number of carbonyl (C=O) groups is 2. The molecule has 0 saturated carbocycles. The first-order chi connectivity index (χ1) is 14.8. The van der Waals surface area contributed by atoms with Crippen molar-refractivity contribution >= 4 is 23.6 Å². The Morgan fingerprint density at radius 3 is 2.77 bits per heavy atom. The van der Waals surface area contributed by atoms with Crippen LogP contribution in [0, 0.1) is 5.41 Å². The van der Waals surface area contributed by atoms with Crippen LogP contribution in [0.4, 0.5) is 5.69 Å². The highest BCUT2D eigenvalue weighted by atomic mass is 16.5. The van der Waals surface area contributed by atoms with E-state index in [0.29, 0.717) is 12.1 Å². The lowest BCUT2D eigenvalue weighted by atomic mass is 9.60. The normalized spacial score (nSPS) is 30.5. The number of hydrogen-bond acceptors (Lipinski definition) is 5. The second-order valence-corrected chi connectivity index (χ2v) is 8.85. The van der Waals surface area contributed by atoms with E-state index in [2.05, 4.69) is 47.1 Å². The van der Waals surface area contributed by atoms with Crippen LogP contribution in [0.15, 0.2) is 55.1 Å². The number of nitrogens with one attached hydrogen (secondary N) is 3. The summed E-state index contributed by atoms with van der Waals surface area (Å²) in [6.07, 6.45) is 6.41. The van der Waals surface area contributed by atoms with Gasteiger partial charge in [-0.05, 0) is 23.1 Å². The molecule has 0 aliphatic carbocycles. The van der Waals surface area contributed by atoms with Gasteiger partial charge >= 0.3 is 0 Å². The maximum absolute atomic E-state index is 13.8. The Kier molecular flexibility index (Phi) is 3.98. The minimum atomic E-state index is -1.44. The van der Waals surface area contributed by atoms with E-state index in [1.165, 1.54) is 13.4 Å². The third-order valence-corrected chi connectivity index (χ3v) is 7.20. The number of nitrogens with zero attached hydrogens (tertiary/aromatic N) is 2. The number of piperazine rings is 1. The molecule has 2 aromatic rings. The van der Waals surface area contributed by atoms with Crippen molar-refractivity contribution in [3.8, 4) is 0 Å². The van der Waals surface area contributed by atoms with Crippen LogP contribution in [0.5, 0.6) is 0 Å². The maximum atomic E-state index is 13.8. The highest BCUT2D eigenvalue weighted by Crippen LogP contribution is 2.63. The summed E-state index contributed by atoms with van der Waals surface area (Å²) in [4.78, 5) is 35.7. The van der Waals surface area contributed by atoms with Crippen LogP contribution in [0.3, 0.4) is 0 Å². The molecule has 4 heterocycles. The van der Waals surface area contributed by atoms with Crippen molar-refractivity contribution in [3.63, 3.8) is 0 Å². The van der Waals surface area contributed by atoms with Gasteiger partial charge in [0.15, 0.2) is 0 Å². The first-order valence-corrected chi connectivity index (χ1v) is 10.2. The van der Waals surface area contributed by atoms with Gasteiger partial charge in [0.25, 0.3) is 11.8 Å². The summed E-state index contributed by atoms with van der Waals surface area (Å²) >= 11 is 0. The first-order valence-electron chi connectivity index (χ1n) is 10.2. The summed E-state index contributed by atoms with van der Waals surface area (Å²) in [5, 5.41) is 6.29. The fourth-order valence-electron chi connectivity index (χ4n) is 5.41.